The number of hydrogen-bond acceptors (Lipinski definition) is 3. The van der Waals surface area contributed by atoms with Crippen molar-refractivity contribution in [1.29, 1.82) is 0 Å². The maximum Gasteiger partial charge on any atom is 0.357 e. The fourth-order valence-electron chi connectivity index (χ4n) is 1.95. The minimum absolute atomic E-state index is 0.285. The Morgan fingerprint density at radius 2 is 1.95 bits per heavy atom. The van der Waals surface area contributed by atoms with Crippen LogP contribution in [0.25, 0.3) is 0 Å². The standard InChI is InChI=1S/C15H18N2O2/c1-4-17-14(11(2)12(3)16-17)15(18)19-10-13-8-6-5-7-9-13/h5-9H,4,10H2,1-3H3. The van der Waals surface area contributed by atoms with Crippen LogP contribution in [0.1, 0.15) is 34.2 Å². The molecule has 0 saturated carbocycles. The van der Waals surface area contributed by atoms with Gasteiger partial charge in [-0.2, -0.15) is 5.10 Å². The Morgan fingerprint density at radius 1 is 1.26 bits per heavy atom. The number of ether oxygens (including phenoxy) is 1. The van der Waals surface area contributed by atoms with Gasteiger partial charge < -0.3 is 4.74 Å². The molecule has 1 aromatic heterocycles. The molecule has 0 spiro atoms. The molecule has 1 aromatic carbocycles. The van der Waals surface area contributed by atoms with E-state index >= 15 is 0 Å². The van der Waals surface area contributed by atoms with E-state index in [1.54, 1.807) is 4.68 Å². The van der Waals surface area contributed by atoms with Crippen molar-refractivity contribution < 1.29 is 9.53 Å². The van der Waals surface area contributed by atoms with Crippen LogP contribution in [0.2, 0.25) is 0 Å². The Morgan fingerprint density at radius 3 is 2.58 bits per heavy atom. The fraction of sp³-hybridized carbons (Fsp3) is 0.333. The summed E-state index contributed by atoms with van der Waals surface area (Å²) in [4.78, 5) is 12.1. The third-order valence-corrected chi connectivity index (χ3v) is 3.13. The summed E-state index contributed by atoms with van der Waals surface area (Å²) in [6.07, 6.45) is 0. The molecule has 1 heterocycles. The molecular formula is C15H18N2O2. The molecule has 0 unspecified atom stereocenters. The van der Waals surface area contributed by atoms with Crippen LogP contribution in [0.3, 0.4) is 0 Å². The summed E-state index contributed by atoms with van der Waals surface area (Å²) in [5.74, 6) is -0.316. The summed E-state index contributed by atoms with van der Waals surface area (Å²) < 4.78 is 7.04. The number of aryl methyl sites for hydroxylation is 2. The third kappa shape index (κ3) is 2.84. The van der Waals surface area contributed by atoms with Gasteiger partial charge in [-0.1, -0.05) is 30.3 Å². The first kappa shape index (κ1) is 13.3. The quantitative estimate of drug-likeness (QED) is 0.792. The molecule has 0 radical (unpaired) electrons. The van der Waals surface area contributed by atoms with E-state index < -0.39 is 0 Å². The van der Waals surface area contributed by atoms with Crippen LogP contribution in [0.15, 0.2) is 30.3 Å². The second-order valence-corrected chi connectivity index (χ2v) is 4.44. The van der Waals surface area contributed by atoms with Crippen molar-refractivity contribution in [1.82, 2.24) is 9.78 Å². The van der Waals surface area contributed by atoms with Gasteiger partial charge in [0.05, 0.1) is 5.69 Å². The number of carbonyl (C=O) groups excluding carboxylic acids is 1. The molecule has 0 aliphatic heterocycles. The SMILES string of the molecule is CCn1nc(C)c(C)c1C(=O)OCc1ccccc1. The van der Waals surface area contributed by atoms with Crippen molar-refractivity contribution in [2.45, 2.75) is 33.9 Å². The Kier molecular flexibility index (Phi) is 4.00. The number of esters is 1. The summed E-state index contributed by atoms with van der Waals surface area (Å²) in [5.41, 5.74) is 3.29. The highest BCUT2D eigenvalue weighted by Gasteiger charge is 2.19. The van der Waals surface area contributed by atoms with E-state index in [0.29, 0.717) is 12.2 Å². The lowest BCUT2D eigenvalue weighted by atomic mass is 10.2. The normalized spacial score (nSPS) is 10.5. The highest BCUT2D eigenvalue weighted by Crippen LogP contribution is 2.14. The largest absolute Gasteiger partial charge is 0.456 e. The number of nitrogens with zero attached hydrogens (tertiary/aromatic N) is 2. The maximum absolute atomic E-state index is 12.1. The number of rotatable bonds is 4. The molecule has 0 aliphatic rings. The van der Waals surface area contributed by atoms with Crippen LogP contribution in [0.5, 0.6) is 0 Å². The van der Waals surface area contributed by atoms with E-state index in [2.05, 4.69) is 5.10 Å². The van der Waals surface area contributed by atoms with Gasteiger partial charge in [0, 0.05) is 12.1 Å². The van der Waals surface area contributed by atoms with Crippen molar-refractivity contribution in [2.24, 2.45) is 0 Å². The Labute approximate surface area is 113 Å². The fourth-order valence-corrected chi connectivity index (χ4v) is 1.95. The Balaban J connectivity index is 2.12. The summed E-state index contributed by atoms with van der Waals surface area (Å²) in [7, 11) is 0. The van der Waals surface area contributed by atoms with Crippen LogP contribution < -0.4 is 0 Å². The van der Waals surface area contributed by atoms with Crippen LogP contribution in [0, 0.1) is 13.8 Å². The molecule has 4 nitrogen and oxygen atoms in total. The predicted octanol–water partition coefficient (Wildman–Crippen LogP) is 2.88. The summed E-state index contributed by atoms with van der Waals surface area (Å²) in [6.45, 7) is 6.69. The van der Waals surface area contributed by atoms with Gasteiger partial charge in [0.2, 0.25) is 0 Å². The van der Waals surface area contributed by atoms with Gasteiger partial charge in [-0.05, 0) is 26.3 Å². The molecule has 2 rings (SSSR count). The van der Waals surface area contributed by atoms with E-state index in [0.717, 1.165) is 16.8 Å². The molecular weight excluding hydrogens is 240 g/mol. The van der Waals surface area contributed by atoms with Gasteiger partial charge in [0.15, 0.2) is 0 Å². The number of benzene rings is 1. The minimum atomic E-state index is -0.316. The average molecular weight is 258 g/mol. The van der Waals surface area contributed by atoms with Gasteiger partial charge in [-0.25, -0.2) is 4.79 Å². The zero-order valence-electron chi connectivity index (χ0n) is 11.5. The highest BCUT2D eigenvalue weighted by atomic mass is 16.5. The predicted molar refractivity (Wildman–Crippen MR) is 72.9 cm³/mol. The van der Waals surface area contributed by atoms with Crippen molar-refractivity contribution in [3.05, 3.63) is 52.8 Å². The van der Waals surface area contributed by atoms with Gasteiger partial charge in [0.25, 0.3) is 0 Å². The minimum Gasteiger partial charge on any atom is -0.456 e. The van der Waals surface area contributed by atoms with E-state index in [9.17, 15) is 4.79 Å². The molecule has 19 heavy (non-hydrogen) atoms. The molecule has 0 aliphatic carbocycles. The van der Waals surface area contributed by atoms with Crippen LogP contribution in [-0.4, -0.2) is 15.7 Å². The number of carbonyl (C=O) groups is 1. The first-order chi connectivity index (χ1) is 9.13. The molecule has 0 atom stereocenters. The molecule has 0 amide bonds. The summed E-state index contributed by atoms with van der Waals surface area (Å²) in [5, 5.41) is 4.32. The molecule has 4 heteroatoms. The van der Waals surface area contributed by atoms with E-state index in [4.69, 9.17) is 4.74 Å². The van der Waals surface area contributed by atoms with Gasteiger partial charge in [-0.15, -0.1) is 0 Å². The molecule has 0 bridgehead atoms. The molecule has 2 aromatic rings. The maximum atomic E-state index is 12.1. The third-order valence-electron chi connectivity index (χ3n) is 3.13. The zero-order valence-corrected chi connectivity index (χ0v) is 11.5. The van der Waals surface area contributed by atoms with Crippen molar-refractivity contribution in [3.8, 4) is 0 Å². The van der Waals surface area contributed by atoms with Crippen LogP contribution >= 0.6 is 0 Å². The van der Waals surface area contributed by atoms with E-state index in [1.807, 2.05) is 51.1 Å². The number of hydrogen-bond donors (Lipinski definition) is 0. The van der Waals surface area contributed by atoms with Gasteiger partial charge in [0.1, 0.15) is 12.3 Å². The van der Waals surface area contributed by atoms with Crippen LogP contribution in [-0.2, 0) is 17.9 Å². The molecule has 100 valence electrons. The second kappa shape index (κ2) is 5.69. The lowest BCUT2D eigenvalue weighted by Gasteiger charge is -2.07. The van der Waals surface area contributed by atoms with Gasteiger partial charge in [-0.3, -0.25) is 4.68 Å². The van der Waals surface area contributed by atoms with Crippen molar-refractivity contribution in [3.63, 3.8) is 0 Å². The smallest absolute Gasteiger partial charge is 0.357 e. The van der Waals surface area contributed by atoms with Crippen molar-refractivity contribution in [2.75, 3.05) is 0 Å². The number of aromatic nitrogens is 2. The zero-order chi connectivity index (χ0) is 13.8. The summed E-state index contributed by atoms with van der Waals surface area (Å²) >= 11 is 0. The summed E-state index contributed by atoms with van der Waals surface area (Å²) in [6, 6.07) is 9.65. The van der Waals surface area contributed by atoms with Crippen molar-refractivity contribution >= 4 is 5.97 Å². The van der Waals surface area contributed by atoms with Crippen LogP contribution in [0.4, 0.5) is 0 Å². The van der Waals surface area contributed by atoms with E-state index in [-0.39, 0.29) is 12.6 Å². The average Bonchev–Trinajstić information content (AvgIpc) is 2.73. The first-order valence-corrected chi connectivity index (χ1v) is 6.38. The lowest BCUT2D eigenvalue weighted by Crippen LogP contribution is -2.13. The molecule has 0 N–H and O–H groups in total. The molecule has 0 fully saturated rings. The van der Waals surface area contributed by atoms with Gasteiger partial charge >= 0.3 is 5.97 Å². The second-order valence-electron chi connectivity index (χ2n) is 4.44. The molecule has 0 saturated heterocycles. The first-order valence-electron chi connectivity index (χ1n) is 6.38. The monoisotopic (exact) mass is 258 g/mol. The Hall–Kier alpha value is -2.10. The Bertz CT molecular complexity index is 573. The lowest BCUT2D eigenvalue weighted by molar-refractivity contribution is 0.0457. The topological polar surface area (TPSA) is 44.1 Å². The van der Waals surface area contributed by atoms with E-state index in [1.165, 1.54) is 0 Å². The highest BCUT2D eigenvalue weighted by molar-refractivity contribution is 5.89.